The van der Waals surface area contributed by atoms with E-state index in [0.717, 1.165) is 11.1 Å². The molecule has 0 aliphatic heterocycles. The van der Waals surface area contributed by atoms with E-state index < -0.39 is 13.3 Å². The van der Waals surface area contributed by atoms with Gasteiger partial charge in [0.1, 0.15) is 0 Å². The minimum absolute atomic E-state index is 0.655. The summed E-state index contributed by atoms with van der Waals surface area (Å²) in [6.07, 6.45) is 0. The Labute approximate surface area is 189 Å². The minimum atomic E-state index is -2.02. The van der Waals surface area contributed by atoms with Crippen molar-refractivity contribution < 1.29 is 0 Å². The van der Waals surface area contributed by atoms with Crippen LogP contribution in [0.5, 0.6) is 0 Å². The van der Waals surface area contributed by atoms with Crippen molar-refractivity contribution in [2.45, 2.75) is 36.5 Å². The number of nitrogens with zero attached hydrogens (tertiary/aromatic N) is 1. The summed E-state index contributed by atoms with van der Waals surface area (Å²) in [6.45, 7) is 7.11. The fourth-order valence-electron chi connectivity index (χ4n) is 3.82. The second-order valence-corrected chi connectivity index (χ2v) is 18.6. The first kappa shape index (κ1) is 22.7. The summed E-state index contributed by atoms with van der Waals surface area (Å²) in [5.74, 6) is 6.44. The van der Waals surface area contributed by atoms with Gasteiger partial charge < -0.3 is 0 Å². The molecule has 0 saturated heterocycles. The Morgan fingerprint density at radius 2 is 1.13 bits per heavy atom. The molecule has 0 heterocycles. The standard InChI is InChI=1S/C29H29GeN/c1-4-30(5-2,6-3)22-29(27-10-8-7-9-11-27)28-20-18-25(19-21-28)13-12-24-14-16-26(23-31)17-15-24/h7-11,14-22H,4-6H2,1-3H3/b29-22-. The molecule has 0 amide bonds. The molecule has 0 bridgehead atoms. The average molecular weight is 464 g/mol. The van der Waals surface area contributed by atoms with Crippen LogP contribution in [0.1, 0.15) is 48.6 Å². The molecule has 0 radical (unpaired) electrons. The van der Waals surface area contributed by atoms with Crippen LogP contribution in [0.3, 0.4) is 0 Å². The molecule has 0 saturated carbocycles. The third kappa shape index (κ3) is 5.78. The van der Waals surface area contributed by atoms with E-state index in [1.54, 1.807) is 12.1 Å². The van der Waals surface area contributed by atoms with Crippen molar-refractivity contribution in [1.29, 1.82) is 5.26 Å². The topological polar surface area (TPSA) is 23.8 Å². The molecule has 2 heteroatoms. The second kappa shape index (κ2) is 10.9. The van der Waals surface area contributed by atoms with Crippen LogP contribution in [0.25, 0.3) is 5.57 Å². The van der Waals surface area contributed by atoms with Gasteiger partial charge in [0.2, 0.25) is 0 Å². The molecule has 154 valence electrons. The molecule has 0 aliphatic carbocycles. The van der Waals surface area contributed by atoms with Crippen molar-refractivity contribution >= 4 is 18.8 Å². The van der Waals surface area contributed by atoms with Crippen LogP contribution in [-0.2, 0) is 0 Å². The molecule has 1 nitrogen and oxygen atoms in total. The normalized spacial score (nSPS) is 11.4. The molecule has 0 aliphatic rings. The first-order valence-corrected chi connectivity index (χ1v) is 16.7. The van der Waals surface area contributed by atoms with Gasteiger partial charge in [-0.05, 0) is 0 Å². The van der Waals surface area contributed by atoms with Crippen molar-refractivity contribution in [3.05, 3.63) is 112 Å². The maximum atomic E-state index is 8.92. The number of benzene rings is 3. The average Bonchev–Trinajstić information content (AvgIpc) is 2.85. The van der Waals surface area contributed by atoms with E-state index in [2.05, 4.69) is 98.2 Å². The summed E-state index contributed by atoms with van der Waals surface area (Å²) in [5.41, 5.74) is 6.50. The summed E-state index contributed by atoms with van der Waals surface area (Å²) in [7, 11) is 0. The zero-order valence-corrected chi connectivity index (χ0v) is 20.7. The third-order valence-electron chi connectivity index (χ3n) is 6.21. The molecule has 0 unspecified atom stereocenters. The third-order valence-corrected chi connectivity index (χ3v) is 17.0. The van der Waals surface area contributed by atoms with E-state index in [-0.39, 0.29) is 0 Å². The number of rotatable bonds is 6. The van der Waals surface area contributed by atoms with Gasteiger partial charge in [0, 0.05) is 0 Å². The zero-order chi connectivity index (χ0) is 22.1. The van der Waals surface area contributed by atoms with Gasteiger partial charge in [-0.2, -0.15) is 5.26 Å². The van der Waals surface area contributed by atoms with Crippen molar-refractivity contribution in [3.63, 3.8) is 0 Å². The summed E-state index contributed by atoms with van der Waals surface area (Å²) in [5, 5.41) is 12.9. The van der Waals surface area contributed by atoms with E-state index in [1.807, 2.05) is 12.1 Å². The molecule has 0 N–H and O–H groups in total. The van der Waals surface area contributed by atoms with Crippen LogP contribution in [0.2, 0.25) is 15.8 Å². The van der Waals surface area contributed by atoms with Crippen molar-refractivity contribution in [3.8, 4) is 17.9 Å². The summed E-state index contributed by atoms with van der Waals surface area (Å²) in [4.78, 5) is 2.67. The Bertz CT molecular complexity index is 1110. The molecular weight excluding hydrogens is 435 g/mol. The number of hydrogen-bond acceptors (Lipinski definition) is 1. The fourth-order valence-corrected chi connectivity index (χ4v) is 10.2. The molecule has 0 fully saturated rings. The Kier molecular flexibility index (Phi) is 7.94. The quantitative estimate of drug-likeness (QED) is 0.275. The molecule has 31 heavy (non-hydrogen) atoms. The zero-order valence-electron chi connectivity index (χ0n) is 18.7. The van der Waals surface area contributed by atoms with Gasteiger partial charge in [-0.15, -0.1) is 0 Å². The van der Waals surface area contributed by atoms with Crippen LogP contribution in [-0.4, -0.2) is 13.3 Å². The van der Waals surface area contributed by atoms with Gasteiger partial charge >= 0.3 is 179 Å². The van der Waals surface area contributed by atoms with Crippen LogP contribution in [0.4, 0.5) is 0 Å². The van der Waals surface area contributed by atoms with Gasteiger partial charge in [0.15, 0.2) is 0 Å². The fraction of sp³-hybridized carbons (Fsp3) is 0.207. The molecule has 0 atom stereocenters. The van der Waals surface area contributed by atoms with Gasteiger partial charge in [-0.1, -0.05) is 0 Å². The molecule has 0 aromatic heterocycles. The number of hydrogen-bond donors (Lipinski definition) is 0. The van der Waals surface area contributed by atoms with Crippen LogP contribution in [0, 0.1) is 23.2 Å². The van der Waals surface area contributed by atoms with Crippen molar-refractivity contribution in [1.82, 2.24) is 0 Å². The maximum absolute atomic E-state index is 8.92. The first-order chi connectivity index (χ1) is 15.1. The van der Waals surface area contributed by atoms with E-state index in [4.69, 9.17) is 5.26 Å². The summed E-state index contributed by atoms with van der Waals surface area (Å²) in [6, 6.07) is 28.9. The molecule has 0 spiro atoms. The van der Waals surface area contributed by atoms with E-state index in [9.17, 15) is 0 Å². The molecule has 3 aromatic carbocycles. The Hall–Kier alpha value is -3.01. The monoisotopic (exact) mass is 465 g/mol. The van der Waals surface area contributed by atoms with E-state index in [1.165, 1.54) is 32.5 Å². The van der Waals surface area contributed by atoms with E-state index >= 15 is 0 Å². The van der Waals surface area contributed by atoms with Crippen LogP contribution < -0.4 is 0 Å². The van der Waals surface area contributed by atoms with Gasteiger partial charge in [0.05, 0.1) is 6.07 Å². The molecule has 3 rings (SSSR count). The van der Waals surface area contributed by atoms with Gasteiger partial charge in [-0.25, -0.2) is 0 Å². The predicted molar refractivity (Wildman–Crippen MR) is 134 cm³/mol. The molecule has 3 aromatic rings. The Morgan fingerprint density at radius 1 is 0.677 bits per heavy atom. The van der Waals surface area contributed by atoms with Gasteiger partial charge in [-0.3, -0.25) is 0 Å². The number of nitriles is 1. The predicted octanol–water partition coefficient (Wildman–Crippen LogP) is 7.44. The summed E-state index contributed by atoms with van der Waals surface area (Å²) < 4.78 is 0. The summed E-state index contributed by atoms with van der Waals surface area (Å²) >= 11 is -2.02. The Morgan fingerprint density at radius 3 is 1.61 bits per heavy atom. The Balaban J connectivity index is 1.95. The van der Waals surface area contributed by atoms with Crippen LogP contribution in [0.15, 0.2) is 83.8 Å². The van der Waals surface area contributed by atoms with Crippen molar-refractivity contribution in [2.75, 3.05) is 0 Å². The second-order valence-electron chi connectivity index (χ2n) is 7.86. The SMILES string of the molecule is C[CH2][Ge](/[CH]=C(/c1ccccc1)c1ccc(C#Cc2ccc(C#N)cc2)cc1)([CH2]C)[CH2]C. The van der Waals surface area contributed by atoms with Crippen molar-refractivity contribution in [2.24, 2.45) is 0 Å². The first-order valence-electron chi connectivity index (χ1n) is 11.0. The van der Waals surface area contributed by atoms with E-state index in [0.29, 0.717) is 5.56 Å². The van der Waals surface area contributed by atoms with Crippen LogP contribution >= 0.6 is 0 Å². The van der Waals surface area contributed by atoms with Gasteiger partial charge in [0.25, 0.3) is 0 Å². The molecular formula is C29H29GeN.